The molecule has 0 spiro atoms. The first kappa shape index (κ1) is 34.0. The number of rotatable bonds is 18. The molecule has 1 aromatic carbocycles. The Morgan fingerprint density at radius 1 is 0.889 bits per heavy atom. The number of H-pyrrole nitrogens is 2. The highest BCUT2D eigenvalue weighted by Crippen LogP contribution is 2.19. The van der Waals surface area contributed by atoms with Crippen molar-refractivity contribution in [2.45, 2.75) is 62.7 Å². The summed E-state index contributed by atoms with van der Waals surface area (Å²) in [6.07, 6.45) is 4.16. The lowest BCUT2D eigenvalue weighted by Crippen LogP contribution is -2.57. The van der Waals surface area contributed by atoms with Gasteiger partial charge in [-0.25, -0.2) is 9.78 Å². The standard InChI is InChI=1S/C28H38N10O7/c29-18(11-16-13-32-14-35-16)24(41)38-22(10-15-12-34-19-5-2-1-4-17(15)19)26(43)36-20(6-3-9-33-28(30)31)25(42)37-21(27(44)45)7-8-23(39)40/h1-2,4-5,12-14,18,20-22,34H,3,6-11,29H2,(H,32,35)(H,36,43)(H,37,42)(H,38,41)(H,39,40)(H,44,45)(H4,30,31,33). The average molecular weight is 627 g/mol. The molecule has 3 rings (SSSR count). The van der Waals surface area contributed by atoms with E-state index < -0.39 is 60.2 Å². The van der Waals surface area contributed by atoms with Crippen molar-refractivity contribution >= 4 is 46.5 Å². The number of benzene rings is 1. The second kappa shape index (κ2) is 16.4. The molecule has 4 unspecified atom stereocenters. The van der Waals surface area contributed by atoms with E-state index in [-0.39, 0.29) is 44.6 Å². The van der Waals surface area contributed by atoms with E-state index >= 15 is 0 Å². The molecule has 17 heteroatoms. The van der Waals surface area contributed by atoms with Gasteiger partial charge >= 0.3 is 11.9 Å². The molecule has 0 aliphatic rings. The van der Waals surface area contributed by atoms with Crippen molar-refractivity contribution in [2.75, 3.05) is 6.54 Å². The number of nitrogens with zero attached hydrogens (tertiary/aromatic N) is 2. The molecule has 0 aliphatic carbocycles. The third-order valence-corrected chi connectivity index (χ3v) is 6.90. The van der Waals surface area contributed by atoms with Gasteiger partial charge in [0.25, 0.3) is 0 Å². The quantitative estimate of drug-likeness (QED) is 0.0438. The van der Waals surface area contributed by atoms with Gasteiger partial charge in [0.15, 0.2) is 5.96 Å². The number of aromatic nitrogens is 3. The van der Waals surface area contributed by atoms with Gasteiger partial charge < -0.3 is 53.3 Å². The number of guanidine groups is 1. The fourth-order valence-electron chi connectivity index (χ4n) is 4.58. The maximum atomic E-state index is 13.7. The van der Waals surface area contributed by atoms with Crippen LogP contribution in [-0.4, -0.2) is 91.5 Å². The van der Waals surface area contributed by atoms with E-state index in [1.165, 1.54) is 12.5 Å². The molecule has 2 heterocycles. The summed E-state index contributed by atoms with van der Waals surface area (Å²) in [5.74, 6) is -5.07. The molecule has 3 aromatic rings. The van der Waals surface area contributed by atoms with Crippen LogP contribution in [0.25, 0.3) is 10.9 Å². The number of nitrogens with two attached hydrogens (primary N) is 3. The van der Waals surface area contributed by atoms with Gasteiger partial charge in [0.1, 0.15) is 18.1 Å². The van der Waals surface area contributed by atoms with Gasteiger partial charge in [0, 0.05) is 54.8 Å². The molecule has 4 atom stereocenters. The Balaban J connectivity index is 1.83. The van der Waals surface area contributed by atoms with Crippen LogP contribution in [0.3, 0.4) is 0 Å². The van der Waals surface area contributed by atoms with Crippen molar-refractivity contribution in [3.63, 3.8) is 0 Å². The highest BCUT2D eigenvalue weighted by Gasteiger charge is 2.31. The number of aliphatic imine (C=N–C) groups is 1. The number of carbonyl (C=O) groups excluding carboxylic acids is 3. The van der Waals surface area contributed by atoms with Crippen molar-refractivity contribution in [2.24, 2.45) is 22.2 Å². The minimum atomic E-state index is -1.52. The van der Waals surface area contributed by atoms with Crippen molar-refractivity contribution in [1.82, 2.24) is 30.9 Å². The molecule has 3 amide bonds. The van der Waals surface area contributed by atoms with Crippen LogP contribution in [-0.2, 0) is 36.8 Å². The van der Waals surface area contributed by atoms with Crippen LogP contribution in [0.5, 0.6) is 0 Å². The van der Waals surface area contributed by atoms with Crippen LogP contribution in [0.4, 0.5) is 0 Å². The number of fused-ring (bicyclic) bond motifs is 1. The highest BCUT2D eigenvalue weighted by molar-refractivity contribution is 5.95. The third-order valence-electron chi connectivity index (χ3n) is 6.90. The molecule has 0 bridgehead atoms. The number of carbonyl (C=O) groups is 5. The molecule has 45 heavy (non-hydrogen) atoms. The Hall–Kier alpha value is -5.45. The first-order valence-corrected chi connectivity index (χ1v) is 14.1. The Labute approximate surface area is 257 Å². The molecular weight excluding hydrogens is 588 g/mol. The maximum absolute atomic E-state index is 13.7. The smallest absolute Gasteiger partial charge is 0.326 e. The molecule has 0 radical (unpaired) electrons. The number of amides is 3. The number of para-hydroxylation sites is 1. The van der Waals surface area contributed by atoms with Crippen molar-refractivity contribution in [3.05, 3.63) is 54.2 Å². The van der Waals surface area contributed by atoms with E-state index in [1.54, 1.807) is 6.20 Å². The van der Waals surface area contributed by atoms with Gasteiger partial charge in [-0.3, -0.25) is 24.2 Å². The predicted molar refractivity (Wildman–Crippen MR) is 162 cm³/mol. The normalized spacial score (nSPS) is 13.6. The van der Waals surface area contributed by atoms with Crippen molar-refractivity contribution in [3.8, 4) is 0 Å². The van der Waals surface area contributed by atoms with Crippen LogP contribution in [0, 0.1) is 0 Å². The van der Waals surface area contributed by atoms with E-state index in [2.05, 4.69) is 35.9 Å². The van der Waals surface area contributed by atoms with Gasteiger partial charge in [-0.2, -0.15) is 0 Å². The second-order valence-electron chi connectivity index (χ2n) is 10.4. The van der Waals surface area contributed by atoms with E-state index in [1.807, 2.05) is 24.3 Å². The van der Waals surface area contributed by atoms with Gasteiger partial charge in [-0.05, 0) is 30.9 Å². The molecule has 0 saturated heterocycles. The summed E-state index contributed by atoms with van der Waals surface area (Å²) in [7, 11) is 0. The van der Waals surface area contributed by atoms with Crippen LogP contribution < -0.4 is 33.2 Å². The number of aliphatic carboxylic acids is 2. The summed E-state index contributed by atoms with van der Waals surface area (Å²) in [5.41, 5.74) is 19.0. The second-order valence-corrected chi connectivity index (χ2v) is 10.4. The Morgan fingerprint density at radius 3 is 2.24 bits per heavy atom. The minimum Gasteiger partial charge on any atom is -0.481 e. The number of hydrogen-bond acceptors (Lipinski definition) is 8. The molecule has 13 N–H and O–H groups in total. The number of nitrogens with one attached hydrogen (secondary N) is 5. The molecule has 17 nitrogen and oxygen atoms in total. The van der Waals surface area contributed by atoms with Gasteiger partial charge in [0.05, 0.1) is 12.4 Å². The molecular formula is C28H38N10O7. The van der Waals surface area contributed by atoms with Crippen LogP contribution in [0.1, 0.15) is 36.9 Å². The average Bonchev–Trinajstić information content (AvgIpc) is 3.65. The minimum absolute atomic E-state index is 0.00723. The zero-order valence-corrected chi connectivity index (χ0v) is 24.4. The van der Waals surface area contributed by atoms with Gasteiger partial charge in [0.2, 0.25) is 17.7 Å². The van der Waals surface area contributed by atoms with E-state index in [0.29, 0.717) is 11.3 Å². The van der Waals surface area contributed by atoms with Gasteiger partial charge in [-0.15, -0.1) is 0 Å². The fourth-order valence-corrected chi connectivity index (χ4v) is 4.58. The number of carboxylic acids is 2. The first-order valence-electron chi connectivity index (χ1n) is 14.1. The SMILES string of the molecule is NC(N)=NCCCC(NC(=O)C(Cc1c[nH]c2ccccc12)NC(=O)C(N)Cc1cnc[nH]1)C(=O)NC(CCC(=O)O)C(=O)O. The molecule has 0 fully saturated rings. The largest absolute Gasteiger partial charge is 0.481 e. The third kappa shape index (κ3) is 10.6. The summed E-state index contributed by atoms with van der Waals surface area (Å²) >= 11 is 0. The number of aromatic amines is 2. The predicted octanol–water partition coefficient (Wildman–Crippen LogP) is -1.54. The summed E-state index contributed by atoms with van der Waals surface area (Å²) in [6.45, 7) is 0.112. The first-order chi connectivity index (χ1) is 21.4. The summed E-state index contributed by atoms with van der Waals surface area (Å²) in [5, 5.41) is 26.9. The van der Waals surface area contributed by atoms with E-state index in [9.17, 15) is 29.1 Å². The molecule has 2 aromatic heterocycles. The van der Waals surface area contributed by atoms with E-state index in [4.69, 9.17) is 22.3 Å². The van der Waals surface area contributed by atoms with Crippen molar-refractivity contribution in [1.29, 1.82) is 0 Å². The monoisotopic (exact) mass is 626 g/mol. The molecule has 242 valence electrons. The summed E-state index contributed by atoms with van der Waals surface area (Å²) in [4.78, 5) is 76.6. The number of imidazole rings is 1. The molecule has 0 aliphatic heterocycles. The summed E-state index contributed by atoms with van der Waals surface area (Å²) < 4.78 is 0. The Morgan fingerprint density at radius 2 is 1.58 bits per heavy atom. The lowest BCUT2D eigenvalue weighted by molar-refractivity contribution is -0.143. The fraction of sp³-hybridized carbons (Fsp3) is 0.393. The number of hydrogen-bond donors (Lipinski definition) is 10. The van der Waals surface area contributed by atoms with Crippen LogP contribution in [0.2, 0.25) is 0 Å². The lowest BCUT2D eigenvalue weighted by Gasteiger charge is -2.25. The molecule has 0 saturated carbocycles. The zero-order chi connectivity index (χ0) is 32.9. The lowest BCUT2D eigenvalue weighted by atomic mass is 10.0. The number of carboxylic acid groups (broad SMARTS) is 2. The topological polar surface area (TPSA) is 297 Å². The Bertz CT molecular complexity index is 1500. The van der Waals surface area contributed by atoms with E-state index in [0.717, 1.165) is 10.9 Å². The van der Waals surface area contributed by atoms with Crippen LogP contribution >= 0.6 is 0 Å². The van der Waals surface area contributed by atoms with Gasteiger partial charge in [-0.1, -0.05) is 18.2 Å². The maximum Gasteiger partial charge on any atom is 0.326 e. The highest BCUT2D eigenvalue weighted by atomic mass is 16.4. The summed E-state index contributed by atoms with van der Waals surface area (Å²) in [6, 6.07) is 2.35. The van der Waals surface area contributed by atoms with Crippen molar-refractivity contribution < 1.29 is 34.2 Å². The van der Waals surface area contributed by atoms with Crippen LogP contribution in [0.15, 0.2) is 48.0 Å². The Kier molecular flexibility index (Phi) is 12.4. The zero-order valence-electron chi connectivity index (χ0n) is 24.4.